The van der Waals surface area contributed by atoms with Gasteiger partial charge in [0.25, 0.3) is 0 Å². The lowest BCUT2D eigenvalue weighted by Crippen LogP contribution is -2.06. The van der Waals surface area contributed by atoms with Crippen molar-refractivity contribution in [2.75, 3.05) is 14.2 Å². The number of carbonyl (C=O) groups is 1. The zero-order valence-corrected chi connectivity index (χ0v) is 11.5. The van der Waals surface area contributed by atoms with Crippen LogP contribution in [-0.2, 0) is 9.53 Å². The number of rotatable bonds is 6. The molecule has 0 radical (unpaired) electrons. The lowest BCUT2D eigenvalue weighted by Gasteiger charge is -2.12. The van der Waals surface area contributed by atoms with E-state index in [9.17, 15) is 4.79 Å². The summed E-state index contributed by atoms with van der Waals surface area (Å²) in [5, 5.41) is 0. The Morgan fingerprint density at radius 1 is 1.21 bits per heavy atom. The smallest absolute Gasteiger partial charge is 0.343 e. The third-order valence-corrected chi connectivity index (χ3v) is 2.61. The van der Waals surface area contributed by atoms with E-state index in [1.165, 1.54) is 7.11 Å². The first-order chi connectivity index (χ1) is 9.03. The largest absolute Gasteiger partial charge is 0.497 e. The van der Waals surface area contributed by atoms with Crippen molar-refractivity contribution in [2.45, 2.75) is 13.3 Å². The summed E-state index contributed by atoms with van der Waals surface area (Å²) in [4.78, 5) is 11.9. The van der Waals surface area contributed by atoms with Crippen molar-refractivity contribution in [1.82, 2.24) is 0 Å². The van der Waals surface area contributed by atoms with Gasteiger partial charge in [-0.15, -0.1) is 0 Å². The van der Waals surface area contributed by atoms with Gasteiger partial charge < -0.3 is 14.2 Å². The van der Waals surface area contributed by atoms with E-state index in [2.05, 4.69) is 13.2 Å². The highest BCUT2D eigenvalue weighted by atomic mass is 16.5. The Bertz CT molecular complexity index is 503. The summed E-state index contributed by atoms with van der Waals surface area (Å²) in [6.45, 7) is 9.22. The third-order valence-electron chi connectivity index (χ3n) is 2.61. The van der Waals surface area contributed by atoms with Gasteiger partial charge in [0.15, 0.2) is 0 Å². The molecule has 0 atom stereocenters. The Hall–Kier alpha value is -2.23. The van der Waals surface area contributed by atoms with Gasteiger partial charge in [-0.25, -0.2) is 4.79 Å². The van der Waals surface area contributed by atoms with Crippen molar-refractivity contribution in [3.8, 4) is 11.5 Å². The van der Waals surface area contributed by atoms with Crippen LogP contribution in [-0.4, -0.2) is 20.2 Å². The topological polar surface area (TPSA) is 44.8 Å². The average molecular weight is 262 g/mol. The van der Waals surface area contributed by atoms with Gasteiger partial charge in [-0.3, -0.25) is 0 Å². The summed E-state index contributed by atoms with van der Waals surface area (Å²) < 4.78 is 15.4. The first kappa shape index (κ1) is 14.8. The van der Waals surface area contributed by atoms with E-state index in [-0.39, 0.29) is 5.57 Å². The summed E-state index contributed by atoms with van der Waals surface area (Å²) in [7, 11) is 3.07. The van der Waals surface area contributed by atoms with Gasteiger partial charge in [-0.2, -0.15) is 0 Å². The van der Waals surface area contributed by atoms with E-state index < -0.39 is 5.97 Å². The first-order valence-electron chi connectivity index (χ1n) is 5.84. The summed E-state index contributed by atoms with van der Waals surface area (Å²) in [5.74, 6) is 1.01. The summed E-state index contributed by atoms with van der Waals surface area (Å²) in [6, 6.07) is 5.11. The SMILES string of the molecule is C=C(CC)OC(=O)C(=C)c1ccc(OC)cc1OC. The van der Waals surface area contributed by atoms with Crippen molar-refractivity contribution in [1.29, 1.82) is 0 Å². The van der Waals surface area contributed by atoms with E-state index in [1.54, 1.807) is 25.3 Å². The molecule has 0 bridgehead atoms. The molecule has 1 aromatic carbocycles. The molecule has 0 amide bonds. The molecule has 0 aliphatic rings. The Kier molecular flexibility index (Phi) is 5.18. The van der Waals surface area contributed by atoms with Crippen LogP contribution in [0.5, 0.6) is 11.5 Å². The first-order valence-corrected chi connectivity index (χ1v) is 5.84. The van der Waals surface area contributed by atoms with E-state index >= 15 is 0 Å². The number of carbonyl (C=O) groups excluding carboxylic acids is 1. The quantitative estimate of drug-likeness (QED) is 0.448. The van der Waals surface area contributed by atoms with Gasteiger partial charge in [-0.05, 0) is 12.1 Å². The third kappa shape index (κ3) is 3.61. The number of hydrogen-bond acceptors (Lipinski definition) is 4. The fraction of sp³-hybridized carbons (Fsp3) is 0.267. The number of benzene rings is 1. The molecule has 0 aromatic heterocycles. The maximum Gasteiger partial charge on any atom is 0.343 e. The molecule has 1 rings (SSSR count). The fourth-order valence-corrected chi connectivity index (χ4v) is 1.42. The highest BCUT2D eigenvalue weighted by Gasteiger charge is 2.16. The molecule has 0 saturated heterocycles. The molecule has 0 saturated carbocycles. The van der Waals surface area contributed by atoms with E-state index in [0.717, 1.165) is 0 Å². The van der Waals surface area contributed by atoms with Crippen molar-refractivity contribution in [2.24, 2.45) is 0 Å². The molecular formula is C15H18O4. The lowest BCUT2D eigenvalue weighted by molar-refractivity contribution is -0.132. The highest BCUT2D eigenvalue weighted by molar-refractivity contribution is 6.16. The van der Waals surface area contributed by atoms with Crippen LogP contribution in [0.1, 0.15) is 18.9 Å². The minimum absolute atomic E-state index is 0.217. The molecule has 19 heavy (non-hydrogen) atoms. The molecule has 4 heteroatoms. The molecule has 0 spiro atoms. The summed E-state index contributed by atoms with van der Waals surface area (Å²) in [5.41, 5.74) is 0.784. The second-order valence-corrected chi connectivity index (χ2v) is 3.83. The van der Waals surface area contributed by atoms with Crippen LogP contribution in [0, 0.1) is 0 Å². The summed E-state index contributed by atoms with van der Waals surface area (Å²) >= 11 is 0. The zero-order valence-electron chi connectivity index (χ0n) is 11.5. The van der Waals surface area contributed by atoms with E-state index in [0.29, 0.717) is 29.2 Å². The van der Waals surface area contributed by atoms with Crippen LogP contribution in [0.2, 0.25) is 0 Å². The molecule has 1 aromatic rings. The van der Waals surface area contributed by atoms with Crippen molar-refractivity contribution >= 4 is 11.5 Å². The van der Waals surface area contributed by atoms with Crippen LogP contribution >= 0.6 is 0 Å². The Morgan fingerprint density at radius 2 is 1.89 bits per heavy atom. The zero-order chi connectivity index (χ0) is 14.4. The maximum atomic E-state index is 11.9. The van der Waals surface area contributed by atoms with Gasteiger partial charge in [0, 0.05) is 18.1 Å². The fourth-order valence-electron chi connectivity index (χ4n) is 1.42. The number of hydrogen-bond donors (Lipinski definition) is 0. The van der Waals surface area contributed by atoms with Crippen LogP contribution in [0.15, 0.2) is 37.1 Å². The van der Waals surface area contributed by atoms with E-state index in [4.69, 9.17) is 14.2 Å². The van der Waals surface area contributed by atoms with Crippen LogP contribution in [0.25, 0.3) is 5.57 Å². The predicted octanol–water partition coefficient (Wildman–Crippen LogP) is 3.18. The maximum absolute atomic E-state index is 11.9. The molecule has 0 fully saturated rings. The molecule has 0 unspecified atom stereocenters. The second kappa shape index (κ2) is 6.64. The molecule has 102 valence electrons. The number of esters is 1. The number of allylic oxidation sites excluding steroid dienone is 1. The second-order valence-electron chi connectivity index (χ2n) is 3.83. The average Bonchev–Trinajstić information content (AvgIpc) is 2.45. The monoisotopic (exact) mass is 262 g/mol. The molecule has 0 heterocycles. The predicted molar refractivity (Wildman–Crippen MR) is 74.1 cm³/mol. The summed E-state index contributed by atoms with van der Waals surface area (Å²) in [6.07, 6.45) is 0.568. The minimum Gasteiger partial charge on any atom is -0.497 e. The Morgan fingerprint density at radius 3 is 2.42 bits per heavy atom. The standard InChI is InChI=1S/C15H18O4/c1-6-10(2)19-15(16)11(3)13-8-7-12(17-4)9-14(13)18-5/h7-9H,2-3,6H2,1,4-5H3. The minimum atomic E-state index is -0.532. The Balaban J connectivity index is 2.99. The molecule has 4 nitrogen and oxygen atoms in total. The molecule has 0 N–H and O–H groups in total. The van der Waals surface area contributed by atoms with Gasteiger partial charge in [0.05, 0.1) is 19.8 Å². The molecule has 0 aliphatic heterocycles. The van der Waals surface area contributed by atoms with Crippen LogP contribution < -0.4 is 9.47 Å². The van der Waals surface area contributed by atoms with Crippen molar-refractivity contribution < 1.29 is 19.0 Å². The van der Waals surface area contributed by atoms with E-state index in [1.807, 2.05) is 6.92 Å². The van der Waals surface area contributed by atoms with Crippen LogP contribution in [0.4, 0.5) is 0 Å². The highest BCUT2D eigenvalue weighted by Crippen LogP contribution is 2.30. The van der Waals surface area contributed by atoms with Crippen molar-refractivity contribution in [3.05, 3.63) is 42.7 Å². The lowest BCUT2D eigenvalue weighted by atomic mass is 10.1. The van der Waals surface area contributed by atoms with Gasteiger partial charge >= 0.3 is 5.97 Å². The Labute approximate surface area is 113 Å². The normalized spacial score (nSPS) is 9.63. The number of methoxy groups -OCH3 is 2. The van der Waals surface area contributed by atoms with Gasteiger partial charge in [-0.1, -0.05) is 20.1 Å². The molecular weight excluding hydrogens is 244 g/mol. The van der Waals surface area contributed by atoms with Gasteiger partial charge in [0.1, 0.15) is 17.3 Å². The van der Waals surface area contributed by atoms with Crippen molar-refractivity contribution in [3.63, 3.8) is 0 Å². The molecule has 0 aliphatic carbocycles. The van der Waals surface area contributed by atoms with Gasteiger partial charge in [0.2, 0.25) is 0 Å². The van der Waals surface area contributed by atoms with Crippen LogP contribution in [0.3, 0.4) is 0 Å². The number of ether oxygens (including phenoxy) is 3.